The lowest BCUT2D eigenvalue weighted by Gasteiger charge is -1.94. The fourth-order valence-corrected chi connectivity index (χ4v) is 0.513. The molecule has 0 amide bonds. The largest absolute Gasteiger partial charge is 0.264 e. The van der Waals surface area contributed by atoms with Crippen LogP contribution in [0.4, 0.5) is 4.39 Å². The molecule has 0 saturated heterocycles. The molecule has 0 bridgehead atoms. The first-order valence-electron chi connectivity index (χ1n) is 2.09. The highest BCUT2D eigenvalue weighted by molar-refractivity contribution is 7.85. The molecule has 0 aliphatic rings. The molecule has 0 aromatic carbocycles. The summed E-state index contributed by atoms with van der Waals surface area (Å²) in [6.45, 7) is 2.22. The Morgan fingerprint density at radius 2 is 2.22 bits per heavy atom. The predicted octanol–water partition coefficient (Wildman–Crippen LogP) is 0.446. The molecule has 0 aliphatic heterocycles. The maximum absolute atomic E-state index is 11.6. The number of hydrogen-bond acceptors (Lipinski definition) is 3. The summed E-state index contributed by atoms with van der Waals surface area (Å²) < 4.78 is 35.8. The van der Waals surface area contributed by atoms with Gasteiger partial charge in [0, 0.05) is 0 Å². The second kappa shape index (κ2) is 2.93. The Labute approximate surface area is 53.3 Å². The molecule has 0 heterocycles. The third kappa shape index (κ3) is 7.58. The van der Waals surface area contributed by atoms with Crippen molar-refractivity contribution in [2.45, 2.75) is 0 Å². The van der Waals surface area contributed by atoms with Crippen molar-refractivity contribution in [1.29, 1.82) is 0 Å². The van der Waals surface area contributed by atoms with Crippen LogP contribution in [0, 0.1) is 0 Å². The van der Waals surface area contributed by atoms with E-state index in [9.17, 15) is 12.8 Å². The molecular formula is C4H7FO3S. The van der Waals surface area contributed by atoms with E-state index in [4.69, 9.17) is 0 Å². The molecular weight excluding hydrogens is 147 g/mol. The van der Waals surface area contributed by atoms with Crippen molar-refractivity contribution in [3.8, 4) is 0 Å². The second-order valence-corrected chi connectivity index (χ2v) is 3.13. The molecule has 0 radical (unpaired) electrons. The zero-order chi connectivity index (χ0) is 7.49. The lowest BCUT2D eigenvalue weighted by atomic mass is 10.7. The fraction of sp³-hybridized carbons (Fsp3) is 0.500. The van der Waals surface area contributed by atoms with E-state index in [0.717, 1.165) is 6.26 Å². The quantitative estimate of drug-likeness (QED) is 0.554. The van der Waals surface area contributed by atoms with Gasteiger partial charge >= 0.3 is 0 Å². The van der Waals surface area contributed by atoms with Crippen LogP contribution < -0.4 is 0 Å². The van der Waals surface area contributed by atoms with E-state index in [-0.39, 0.29) is 0 Å². The minimum Gasteiger partial charge on any atom is -0.263 e. The van der Waals surface area contributed by atoms with Crippen LogP contribution in [-0.4, -0.2) is 21.3 Å². The van der Waals surface area contributed by atoms with Crippen LogP contribution in [0.15, 0.2) is 12.4 Å². The molecule has 54 valence electrons. The summed E-state index contributed by atoms with van der Waals surface area (Å²) in [6, 6.07) is 0. The van der Waals surface area contributed by atoms with Gasteiger partial charge in [-0.3, -0.25) is 4.18 Å². The van der Waals surface area contributed by atoms with Crippen LogP contribution in [-0.2, 0) is 14.3 Å². The van der Waals surface area contributed by atoms with Gasteiger partial charge in [-0.1, -0.05) is 6.58 Å². The molecule has 0 unspecified atom stereocenters. The van der Waals surface area contributed by atoms with Crippen LogP contribution in [0.1, 0.15) is 0 Å². The summed E-state index contributed by atoms with van der Waals surface area (Å²) in [4.78, 5) is 0. The molecule has 0 saturated carbocycles. The van der Waals surface area contributed by atoms with Gasteiger partial charge in [0.1, 0.15) is 12.4 Å². The van der Waals surface area contributed by atoms with Crippen molar-refractivity contribution >= 4 is 10.1 Å². The monoisotopic (exact) mass is 154 g/mol. The Morgan fingerprint density at radius 3 is 2.33 bits per heavy atom. The lowest BCUT2D eigenvalue weighted by molar-refractivity contribution is 0.323. The molecule has 0 fully saturated rings. The van der Waals surface area contributed by atoms with Crippen LogP contribution in [0.2, 0.25) is 0 Å². The average Bonchev–Trinajstić information content (AvgIpc) is 1.59. The number of halogens is 1. The third-order valence-electron chi connectivity index (χ3n) is 0.430. The van der Waals surface area contributed by atoms with Crippen molar-refractivity contribution in [2.24, 2.45) is 0 Å². The van der Waals surface area contributed by atoms with E-state index in [1.165, 1.54) is 0 Å². The van der Waals surface area contributed by atoms with Crippen molar-refractivity contribution in [3.63, 3.8) is 0 Å². The predicted molar refractivity (Wildman–Crippen MR) is 31.0 cm³/mol. The number of hydrogen-bond donors (Lipinski definition) is 0. The fourth-order valence-electron chi connectivity index (χ4n) is 0.171. The summed E-state index contributed by atoms with van der Waals surface area (Å²) in [6.07, 6.45) is 0.843. The summed E-state index contributed by atoms with van der Waals surface area (Å²) in [5.41, 5.74) is 0. The minimum atomic E-state index is -3.52. The Morgan fingerprint density at radius 1 is 1.78 bits per heavy atom. The topological polar surface area (TPSA) is 43.4 Å². The van der Waals surface area contributed by atoms with Crippen LogP contribution >= 0.6 is 0 Å². The summed E-state index contributed by atoms with van der Waals surface area (Å²) in [5, 5.41) is 0. The van der Waals surface area contributed by atoms with Crippen LogP contribution in [0.25, 0.3) is 0 Å². The van der Waals surface area contributed by atoms with Crippen molar-refractivity contribution in [3.05, 3.63) is 12.4 Å². The molecule has 5 heteroatoms. The summed E-state index contributed by atoms with van der Waals surface area (Å²) in [5.74, 6) is -0.805. The highest BCUT2D eigenvalue weighted by atomic mass is 32.2. The Kier molecular flexibility index (Phi) is 2.80. The van der Waals surface area contributed by atoms with E-state index in [2.05, 4.69) is 10.8 Å². The third-order valence-corrected chi connectivity index (χ3v) is 0.976. The Hall–Kier alpha value is -0.420. The molecule has 0 rings (SSSR count). The van der Waals surface area contributed by atoms with Crippen molar-refractivity contribution < 1.29 is 17.0 Å². The van der Waals surface area contributed by atoms with Gasteiger partial charge in [-0.15, -0.1) is 0 Å². The minimum absolute atomic E-state index is 0.584. The maximum Gasteiger partial charge on any atom is 0.264 e. The first kappa shape index (κ1) is 8.58. The lowest BCUT2D eigenvalue weighted by Crippen LogP contribution is -2.03. The van der Waals surface area contributed by atoms with E-state index in [1.54, 1.807) is 0 Å². The van der Waals surface area contributed by atoms with E-state index in [0.29, 0.717) is 0 Å². The summed E-state index contributed by atoms with van der Waals surface area (Å²) in [7, 11) is -3.52. The zero-order valence-corrected chi connectivity index (χ0v) is 5.74. The number of rotatable bonds is 3. The highest BCUT2D eigenvalue weighted by Crippen LogP contribution is 1.94. The van der Waals surface area contributed by atoms with Crippen molar-refractivity contribution in [1.82, 2.24) is 0 Å². The normalized spacial score (nSPS) is 11.3. The zero-order valence-electron chi connectivity index (χ0n) is 4.93. The molecule has 0 atom stereocenters. The van der Waals surface area contributed by atoms with Crippen LogP contribution in [0.5, 0.6) is 0 Å². The van der Waals surface area contributed by atoms with E-state index >= 15 is 0 Å². The van der Waals surface area contributed by atoms with E-state index < -0.39 is 22.6 Å². The molecule has 0 spiro atoms. The standard InChI is InChI=1S/C4H7FO3S/c1-4(5)3-8-9(2,6)7/h1,3H2,2H3. The molecule has 0 aromatic rings. The molecule has 0 N–H and O–H groups in total. The first-order valence-corrected chi connectivity index (χ1v) is 3.91. The molecule has 3 nitrogen and oxygen atoms in total. The van der Waals surface area contributed by atoms with Gasteiger partial charge in [0.15, 0.2) is 0 Å². The first-order chi connectivity index (χ1) is 3.92. The molecule has 0 aromatic heterocycles. The average molecular weight is 154 g/mol. The Balaban J connectivity index is 3.67. The van der Waals surface area contributed by atoms with Crippen LogP contribution in [0.3, 0.4) is 0 Å². The molecule has 0 aliphatic carbocycles. The highest BCUT2D eigenvalue weighted by Gasteiger charge is 2.01. The second-order valence-electron chi connectivity index (χ2n) is 1.48. The van der Waals surface area contributed by atoms with Gasteiger partial charge in [0.2, 0.25) is 0 Å². The van der Waals surface area contributed by atoms with E-state index in [1.807, 2.05) is 0 Å². The van der Waals surface area contributed by atoms with Gasteiger partial charge < -0.3 is 0 Å². The Bertz CT molecular complexity index is 194. The SMILES string of the molecule is C=C(F)COS(C)(=O)=O. The van der Waals surface area contributed by atoms with Gasteiger partial charge in [0.25, 0.3) is 10.1 Å². The van der Waals surface area contributed by atoms with Gasteiger partial charge in [-0.05, 0) is 0 Å². The summed E-state index contributed by atoms with van der Waals surface area (Å²) >= 11 is 0. The van der Waals surface area contributed by atoms with Crippen molar-refractivity contribution in [2.75, 3.05) is 12.9 Å². The smallest absolute Gasteiger partial charge is 0.263 e. The van der Waals surface area contributed by atoms with Gasteiger partial charge in [-0.25, -0.2) is 4.39 Å². The maximum atomic E-state index is 11.6. The molecule has 9 heavy (non-hydrogen) atoms. The van der Waals surface area contributed by atoms with Gasteiger partial charge in [-0.2, -0.15) is 8.42 Å². The van der Waals surface area contributed by atoms with Gasteiger partial charge in [0.05, 0.1) is 6.26 Å².